The van der Waals surface area contributed by atoms with Crippen molar-refractivity contribution in [2.24, 2.45) is 0 Å². The fraction of sp³-hybridized carbons (Fsp3) is 0.0455. The topological polar surface area (TPSA) is 87.4 Å². The second-order valence-corrected chi connectivity index (χ2v) is 7.99. The van der Waals surface area contributed by atoms with E-state index in [9.17, 15) is 9.90 Å². The molecule has 9 heteroatoms. The molecule has 4 aromatic rings. The molecule has 4 rings (SSSR count). The quantitative estimate of drug-likeness (QED) is 0.320. The number of hydrogen-bond acceptors (Lipinski definition) is 5. The predicted octanol–water partition coefficient (Wildman–Crippen LogP) is 5.94. The Morgan fingerprint density at radius 1 is 1.10 bits per heavy atom. The van der Waals surface area contributed by atoms with Crippen molar-refractivity contribution >= 4 is 63.2 Å². The minimum absolute atomic E-state index is 0.0675. The number of aromatic nitrogens is 1. The summed E-state index contributed by atoms with van der Waals surface area (Å²) >= 11 is 17.2. The van der Waals surface area contributed by atoms with Crippen LogP contribution in [0.3, 0.4) is 0 Å². The zero-order valence-corrected chi connectivity index (χ0v) is 18.4. The van der Waals surface area contributed by atoms with E-state index in [-0.39, 0.29) is 16.8 Å². The minimum atomic E-state index is -0.398. The standard InChI is InChI=1S/C22H15Cl2N3O3S/c1-11-2-3-12(8-16(11)24)20(29)27-22(31)25-14-5-6-15(18(28)10-14)21-26-17-9-13(23)4-7-19(17)30-21/h2-10,28H,1H3,(H2,25,27,29,31). The Hall–Kier alpha value is -3.13. The average molecular weight is 472 g/mol. The number of aryl methyl sites for hydroxylation is 1. The first-order valence-electron chi connectivity index (χ1n) is 9.08. The highest BCUT2D eigenvalue weighted by atomic mass is 35.5. The molecule has 1 amide bonds. The number of anilines is 1. The van der Waals surface area contributed by atoms with Crippen molar-refractivity contribution in [3.05, 3.63) is 75.8 Å². The molecule has 1 aromatic heterocycles. The number of thiocarbonyl (C=S) groups is 1. The molecule has 0 aliphatic heterocycles. The Balaban J connectivity index is 1.47. The summed E-state index contributed by atoms with van der Waals surface area (Å²) < 4.78 is 5.69. The van der Waals surface area contributed by atoms with Crippen molar-refractivity contribution in [2.75, 3.05) is 5.32 Å². The lowest BCUT2D eigenvalue weighted by atomic mass is 10.1. The van der Waals surface area contributed by atoms with Crippen LogP contribution >= 0.6 is 35.4 Å². The Morgan fingerprint density at radius 2 is 1.90 bits per heavy atom. The summed E-state index contributed by atoms with van der Waals surface area (Å²) in [7, 11) is 0. The third-order valence-electron chi connectivity index (χ3n) is 4.50. The van der Waals surface area contributed by atoms with Crippen LogP contribution in [0.5, 0.6) is 5.75 Å². The molecule has 0 spiro atoms. The molecule has 0 saturated heterocycles. The fourth-order valence-corrected chi connectivity index (χ4v) is 3.44. The van der Waals surface area contributed by atoms with Gasteiger partial charge in [-0.05, 0) is 67.2 Å². The van der Waals surface area contributed by atoms with E-state index < -0.39 is 5.91 Å². The van der Waals surface area contributed by atoms with Gasteiger partial charge in [-0.25, -0.2) is 4.98 Å². The normalized spacial score (nSPS) is 10.8. The molecule has 0 bridgehead atoms. The van der Waals surface area contributed by atoms with Gasteiger partial charge in [-0.15, -0.1) is 0 Å². The summed E-state index contributed by atoms with van der Waals surface area (Å²) in [4.78, 5) is 16.7. The molecule has 0 fully saturated rings. The van der Waals surface area contributed by atoms with Crippen LogP contribution in [0.1, 0.15) is 15.9 Å². The molecule has 31 heavy (non-hydrogen) atoms. The van der Waals surface area contributed by atoms with Gasteiger partial charge in [0.15, 0.2) is 10.7 Å². The van der Waals surface area contributed by atoms with Gasteiger partial charge in [0.2, 0.25) is 5.89 Å². The highest BCUT2D eigenvalue weighted by Gasteiger charge is 2.14. The number of amides is 1. The molecule has 3 N–H and O–H groups in total. The number of benzene rings is 3. The minimum Gasteiger partial charge on any atom is -0.507 e. The van der Waals surface area contributed by atoms with Crippen LogP contribution in [-0.2, 0) is 0 Å². The zero-order chi connectivity index (χ0) is 22.1. The molecule has 156 valence electrons. The molecule has 0 atom stereocenters. The van der Waals surface area contributed by atoms with E-state index in [1.54, 1.807) is 48.5 Å². The van der Waals surface area contributed by atoms with E-state index in [1.165, 1.54) is 6.07 Å². The number of nitrogens with zero attached hydrogens (tertiary/aromatic N) is 1. The highest BCUT2D eigenvalue weighted by Crippen LogP contribution is 2.33. The first-order valence-corrected chi connectivity index (χ1v) is 10.2. The third-order valence-corrected chi connectivity index (χ3v) is 5.34. The summed E-state index contributed by atoms with van der Waals surface area (Å²) in [6.07, 6.45) is 0. The maximum Gasteiger partial charge on any atom is 0.257 e. The second-order valence-electron chi connectivity index (χ2n) is 6.74. The largest absolute Gasteiger partial charge is 0.507 e. The van der Waals surface area contributed by atoms with Crippen LogP contribution in [0.4, 0.5) is 5.69 Å². The van der Waals surface area contributed by atoms with Gasteiger partial charge >= 0.3 is 0 Å². The number of hydrogen-bond donors (Lipinski definition) is 3. The average Bonchev–Trinajstić information content (AvgIpc) is 3.12. The molecular formula is C22H15Cl2N3O3S. The number of nitrogens with one attached hydrogen (secondary N) is 2. The van der Waals surface area contributed by atoms with Crippen molar-refractivity contribution in [3.63, 3.8) is 0 Å². The van der Waals surface area contributed by atoms with E-state index >= 15 is 0 Å². The number of carbonyl (C=O) groups excluding carboxylic acids is 1. The summed E-state index contributed by atoms with van der Waals surface area (Å²) in [5, 5.41) is 17.0. The lowest BCUT2D eigenvalue weighted by Gasteiger charge is -2.11. The monoisotopic (exact) mass is 471 g/mol. The molecule has 6 nitrogen and oxygen atoms in total. The molecular weight excluding hydrogens is 457 g/mol. The van der Waals surface area contributed by atoms with Crippen molar-refractivity contribution in [2.45, 2.75) is 6.92 Å². The van der Waals surface area contributed by atoms with Crippen LogP contribution in [0, 0.1) is 6.92 Å². The Bertz CT molecular complexity index is 1340. The number of phenolic OH excluding ortho intramolecular Hbond substituents is 1. The maximum absolute atomic E-state index is 12.3. The first kappa shape index (κ1) is 21.1. The summed E-state index contributed by atoms with van der Waals surface area (Å²) in [5.74, 6) is -0.207. The van der Waals surface area contributed by atoms with Crippen LogP contribution in [0.15, 0.2) is 59.0 Å². The Kier molecular flexibility index (Phi) is 5.82. The molecule has 0 saturated carbocycles. The molecule has 0 unspecified atom stereocenters. The number of fused-ring (bicyclic) bond motifs is 1. The maximum atomic E-state index is 12.3. The molecule has 0 aliphatic carbocycles. The fourth-order valence-electron chi connectivity index (χ4n) is 2.88. The Morgan fingerprint density at radius 3 is 2.65 bits per heavy atom. The van der Waals surface area contributed by atoms with Crippen LogP contribution in [0.2, 0.25) is 10.0 Å². The third kappa shape index (κ3) is 4.64. The van der Waals surface area contributed by atoms with Crippen molar-refractivity contribution in [1.82, 2.24) is 10.3 Å². The van der Waals surface area contributed by atoms with Gasteiger partial charge in [0.05, 0.1) is 5.56 Å². The molecule has 3 aromatic carbocycles. The van der Waals surface area contributed by atoms with E-state index in [4.69, 9.17) is 39.8 Å². The smallest absolute Gasteiger partial charge is 0.257 e. The molecule has 0 radical (unpaired) electrons. The lowest BCUT2D eigenvalue weighted by molar-refractivity contribution is 0.0977. The number of aromatic hydroxyl groups is 1. The van der Waals surface area contributed by atoms with Crippen molar-refractivity contribution in [1.29, 1.82) is 0 Å². The van der Waals surface area contributed by atoms with Gasteiger partial charge in [-0.2, -0.15) is 0 Å². The van der Waals surface area contributed by atoms with E-state index in [2.05, 4.69) is 15.6 Å². The van der Waals surface area contributed by atoms with Gasteiger partial charge in [-0.3, -0.25) is 10.1 Å². The van der Waals surface area contributed by atoms with Crippen molar-refractivity contribution in [3.8, 4) is 17.2 Å². The number of carbonyl (C=O) groups is 1. The number of oxazole rings is 1. The molecule has 1 heterocycles. The predicted molar refractivity (Wildman–Crippen MR) is 126 cm³/mol. The SMILES string of the molecule is Cc1ccc(C(=O)NC(=S)Nc2ccc(-c3nc4cc(Cl)ccc4o3)c(O)c2)cc1Cl. The van der Waals surface area contributed by atoms with Gasteiger partial charge in [0.1, 0.15) is 11.3 Å². The van der Waals surface area contributed by atoms with Gasteiger partial charge in [0.25, 0.3) is 5.91 Å². The van der Waals surface area contributed by atoms with E-state index in [0.29, 0.717) is 38.0 Å². The van der Waals surface area contributed by atoms with Gasteiger partial charge < -0.3 is 14.8 Å². The van der Waals surface area contributed by atoms with Crippen LogP contribution in [0.25, 0.3) is 22.6 Å². The number of rotatable bonds is 3. The van der Waals surface area contributed by atoms with Gasteiger partial charge in [-0.1, -0.05) is 29.3 Å². The summed E-state index contributed by atoms with van der Waals surface area (Å²) in [6.45, 7) is 1.85. The first-order chi connectivity index (χ1) is 14.8. The summed E-state index contributed by atoms with van der Waals surface area (Å²) in [5.41, 5.74) is 3.28. The lowest BCUT2D eigenvalue weighted by Crippen LogP contribution is -2.34. The van der Waals surface area contributed by atoms with Crippen LogP contribution < -0.4 is 10.6 Å². The number of phenols is 1. The molecule has 0 aliphatic rings. The summed E-state index contributed by atoms with van der Waals surface area (Å²) in [6, 6.07) is 14.8. The van der Waals surface area contributed by atoms with Gasteiger partial charge in [0, 0.05) is 27.4 Å². The zero-order valence-electron chi connectivity index (χ0n) is 16.1. The highest BCUT2D eigenvalue weighted by molar-refractivity contribution is 7.80. The Labute approximate surface area is 192 Å². The van der Waals surface area contributed by atoms with E-state index in [0.717, 1.165) is 5.56 Å². The second kappa shape index (κ2) is 8.55. The van der Waals surface area contributed by atoms with Crippen molar-refractivity contribution < 1.29 is 14.3 Å². The van der Waals surface area contributed by atoms with Crippen LogP contribution in [-0.4, -0.2) is 21.1 Å². The number of halogens is 2. The van der Waals surface area contributed by atoms with E-state index in [1.807, 2.05) is 6.92 Å².